The van der Waals surface area contributed by atoms with E-state index in [-0.39, 0.29) is 13.0 Å². The van der Waals surface area contributed by atoms with Crippen LogP contribution in [0.3, 0.4) is 0 Å². The molecule has 0 radical (unpaired) electrons. The highest BCUT2D eigenvalue weighted by atomic mass is 16.5. The van der Waals surface area contributed by atoms with Crippen LogP contribution < -0.4 is 14.8 Å². The zero-order chi connectivity index (χ0) is 19.2. The molecule has 0 spiro atoms. The first kappa shape index (κ1) is 18.4. The van der Waals surface area contributed by atoms with Gasteiger partial charge in [0.2, 0.25) is 11.8 Å². The number of ether oxygens (including phenoxy) is 2. The van der Waals surface area contributed by atoms with Crippen LogP contribution in [0.2, 0.25) is 0 Å². The van der Waals surface area contributed by atoms with Crippen LogP contribution in [0.4, 0.5) is 4.79 Å². The van der Waals surface area contributed by atoms with E-state index < -0.39 is 17.8 Å². The quantitative estimate of drug-likeness (QED) is 0.758. The first-order chi connectivity index (χ1) is 13.1. The lowest BCUT2D eigenvalue weighted by molar-refractivity contribution is -0.136. The Bertz CT molecular complexity index is 831. The zero-order valence-corrected chi connectivity index (χ0v) is 14.9. The fraction of sp³-hybridized carbons (Fsp3) is 0.250. The fourth-order valence-corrected chi connectivity index (χ4v) is 2.77. The summed E-state index contributed by atoms with van der Waals surface area (Å²) < 4.78 is 11.2. The average molecular weight is 368 g/mol. The number of rotatable bonds is 7. The molecule has 0 unspecified atom stereocenters. The summed E-state index contributed by atoms with van der Waals surface area (Å²) in [5, 5.41) is 2.14. The van der Waals surface area contributed by atoms with Gasteiger partial charge in [0.25, 0.3) is 0 Å². The summed E-state index contributed by atoms with van der Waals surface area (Å²) in [5.74, 6) is 0.136. The van der Waals surface area contributed by atoms with Gasteiger partial charge in [-0.15, -0.1) is 0 Å². The minimum Gasteiger partial charge on any atom is -0.493 e. The Morgan fingerprint density at radius 2 is 1.78 bits per heavy atom. The second-order valence-electron chi connectivity index (χ2n) is 6.08. The molecule has 1 fully saturated rings. The lowest BCUT2D eigenvalue weighted by Gasteiger charge is -2.24. The average Bonchev–Trinajstić information content (AvgIpc) is 2.66. The molecule has 0 aromatic heterocycles. The molecule has 1 aliphatic rings. The largest absolute Gasteiger partial charge is 0.493 e. The summed E-state index contributed by atoms with van der Waals surface area (Å²) >= 11 is 0. The number of carbonyl (C=O) groups excluding carboxylic acids is 3. The van der Waals surface area contributed by atoms with Gasteiger partial charge in [0.1, 0.15) is 13.0 Å². The number of hydrogen-bond donors (Lipinski definition) is 1. The Hall–Kier alpha value is -3.35. The standard InChI is InChI=1S/C20H20N2O5/c1-26-17-11-14(9-10-22-19(24)12-18(23)21-20(22)25)7-8-16(17)27-13-15-5-3-2-4-6-15/h2-8,11H,9-10,12-13H2,1H3,(H,21,23,25). The summed E-state index contributed by atoms with van der Waals surface area (Å²) in [4.78, 5) is 35.8. The molecule has 0 atom stereocenters. The topological polar surface area (TPSA) is 84.9 Å². The van der Waals surface area contributed by atoms with E-state index in [1.807, 2.05) is 42.5 Å². The maximum atomic E-state index is 11.8. The van der Waals surface area contributed by atoms with E-state index in [1.54, 1.807) is 13.2 Å². The van der Waals surface area contributed by atoms with Crippen molar-refractivity contribution in [1.29, 1.82) is 0 Å². The Kier molecular flexibility index (Phi) is 5.71. The van der Waals surface area contributed by atoms with Gasteiger partial charge < -0.3 is 9.47 Å². The first-order valence-corrected chi connectivity index (χ1v) is 8.54. The Morgan fingerprint density at radius 3 is 2.48 bits per heavy atom. The minimum absolute atomic E-state index is 0.186. The number of nitrogens with one attached hydrogen (secondary N) is 1. The predicted molar refractivity (Wildman–Crippen MR) is 97.3 cm³/mol. The lowest BCUT2D eigenvalue weighted by Crippen LogP contribution is -2.53. The van der Waals surface area contributed by atoms with Crippen molar-refractivity contribution >= 4 is 17.8 Å². The molecule has 2 aromatic carbocycles. The van der Waals surface area contributed by atoms with Crippen LogP contribution in [0.15, 0.2) is 48.5 Å². The van der Waals surface area contributed by atoms with E-state index in [0.717, 1.165) is 16.0 Å². The number of carbonyl (C=O) groups is 3. The molecule has 4 amide bonds. The molecule has 1 saturated heterocycles. The molecule has 0 bridgehead atoms. The summed E-state index contributed by atoms with van der Waals surface area (Å²) in [6, 6.07) is 14.6. The second kappa shape index (κ2) is 8.35. The van der Waals surface area contributed by atoms with E-state index in [4.69, 9.17) is 9.47 Å². The van der Waals surface area contributed by atoms with Gasteiger partial charge in [-0.1, -0.05) is 36.4 Å². The van der Waals surface area contributed by atoms with Crippen LogP contribution in [0.1, 0.15) is 17.5 Å². The van der Waals surface area contributed by atoms with Crippen LogP contribution >= 0.6 is 0 Å². The fourth-order valence-electron chi connectivity index (χ4n) is 2.77. The smallest absolute Gasteiger partial charge is 0.330 e. The minimum atomic E-state index is -0.675. The van der Waals surface area contributed by atoms with E-state index in [2.05, 4.69) is 5.32 Å². The molecule has 3 rings (SSSR count). The number of benzene rings is 2. The molecule has 1 N–H and O–H groups in total. The summed E-state index contributed by atoms with van der Waals surface area (Å²) in [6.45, 7) is 0.609. The van der Waals surface area contributed by atoms with E-state index in [1.165, 1.54) is 0 Å². The van der Waals surface area contributed by atoms with Crippen LogP contribution in [0, 0.1) is 0 Å². The van der Waals surface area contributed by atoms with Crippen molar-refractivity contribution in [3.63, 3.8) is 0 Å². The van der Waals surface area contributed by atoms with Crippen LogP contribution in [0.5, 0.6) is 11.5 Å². The number of hydrogen-bond acceptors (Lipinski definition) is 5. The molecule has 0 aliphatic carbocycles. The normalized spacial score (nSPS) is 14.1. The predicted octanol–water partition coefficient (Wildman–Crippen LogP) is 2.29. The van der Waals surface area contributed by atoms with Gasteiger partial charge in [0.15, 0.2) is 11.5 Å². The maximum absolute atomic E-state index is 11.8. The SMILES string of the molecule is COc1cc(CCN2C(=O)CC(=O)NC2=O)ccc1OCc1ccccc1. The second-order valence-corrected chi connectivity index (χ2v) is 6.08. The monoisotopic (exact) mass is 368 g/mol. The van der Waals surface area contributed by atoms with Crippen molar-refractivity contribution in [2.24, 2.45) is 0 Å². The highest BCUT2D eigenvalue weighted by Gasteiger charge is 2.30. The molecule has 7 nitrogen and oxygen atoms in total. The van der Waals surface area contributed by atoms with E-state index >= 15 is 0 Å². The summed E-state index contributed by atoms with van der Waals surface area (Å²) in [5.41, 5.74) is 1.93. The molecule has 1 heterocycles. The van der Waals surface area contributed by atoms with E-state index in [0.29, 0.717) is 24.5 Å². The summed E-state index contributed by atoms with van der Waals surface area (Å²) in [7, 11) is 1.56. The summed E-state index contributed by atoms with van der Waals surface area (Å²) in [6.07, 6.45) is 0.143. The van der Waals surface area contributed by atoms with Gasteiger partial charge in [0, 0.05) is 6.54 Å². The number of urea groups is 1. The molecule has 2 aromatic rings. The molecule has 1 aliphatic heterocycles. The first-order valence-electron chi connectivity index (χ1n) is 8.54. The van der Waals surface area contributed by atoms with Crippen molar-refractivity contribution in [3.8, 4) is 11.5 Å². The number of imide groups is 2. The van der Waals surface area contributed by atoms with Gasteiger partial charge in [-0.3, -0.25) is 19.8 Å². The molecule has 0 saturated carbocycles. The number of amides is 4. The number of nitrogens with zero attached hydrogens (tertiary/aromatic N) is 1. The van der Waals surface area contributed by atoms with Crippen molar-refractivity contribution in [3.05, 3.63) is 59.7 Å². The van der Waals surface area contributed by atoms with Crippen molar-refractivity contribution in [2.75, 3.05) is 13.7 Å². The van der Waals surface area contributed by atoms with Gasteiger partial charge >= 0.3 is 6.03 Å². The third-order valence-electron chi connectivity index (χ3n) is 4.19. The molecular formula is C20H20N2O5. The Balaban J connectivity index is 1.62. The van der Waals surface area contributed by atoms with E-state index in [9.17, 15) is 14.4 Å². The van der Waals surface area contributed by atoms with Crippen LogP contribution in [-0.2, 0) is 22.6 Å². The Morgan fingerprint density at radius 1 is 1.00 bits per heavy atom. The Labute approximate surface area is 156 Å². The lowest BCUT2D eigenvalue weighted by atomic mass is 10.1. The zero-order valence-electron chi connectivity index (χ0n) is 14.9. The van der Waals surface area contributed by atoms with Crippen LogP contribution in [0.25, 0.3) is 0 Å². The number of barbiturate groups is 1. The number of methoxy groups -OCH3 is 1. The van der Waals surface area contributed by atoms with Gasteiger partial charge in [0.05, 0.1) is 7.11 Å². The third-order valence-corrected chi connectivity index (χ3v) is 4.19. The highest BCUT2D eigenvalue weighted by Crippen LogP contribution is 2.29. The molecule has 27 heavy (non-hydrogen) atoms. The molecular weight excluding hydrogens is 348 g/mol. The third kappa shape index (κ3) is 4.63. The van der Waals surface area contributed by atoms with Gasteiger partial charge in [-0.05, 0) is 29.7 Å². The van der Waals surface area contributed by atoms with Crippen molar-refractivity contribution < 1.29 is 23.9 Å². The van der Waals surface area contributed by atoms with Crippen molar-refractivity contribution in [1.82, 2.24) is 10.2 Å². The van der Waals surface area contributed by atoms with Crippen molar-refractivity contribution in [2.45, 2.75) is 19.4 Å². The molecule has 7 heteroatoms. The van der Waals surface area contributed by atoms with Gasteiger partial charge in [-0.25, -0.2) is 4.79 Å². The maximum Gasteiger partial charge on any atom is 0.330 e. The van der Waals surface area contributed by atoms with Crippen LogP contribution in [-0.4, -0.2) is 36.4 Å². The van der Waals surface area contributed by atoms with Gasteiger partial charge in [-0.2, -0.15) is 0 Å². The molecule has 140 valence electrons. The highest BCUT2D eigenvalue weighted by molar-refractivity contribution is 6.14.